The van der Waals surface area contributed by atoms with Gasteiger partial charge in [-0.2, -0.15) is 0 Å². The van der Waals surface area contributed by atoms with Gasteiger partial charge in [-0.25, -0.2) is 9.59 Å². The second kappa shape index (κ2) is 5.99. The van der Waals surface area contributed by atoms with Gasteiger partial charge in [0.15, 0.2) is 0 Å². The fraction of sp³-hybridized carbons (Fsp3) is 0.857. The molecule has 3 N–H and O–H groups in total. The Labute approximate surface area is 119 Å². The van der Waals surface area contributed by atoms with Crippen molar-refractivity contribution in [1.29, 1.82) is 0 Å². The number of aliphatic hydroxyl groups excluding tert-OH is 1. The predicted molar refractivity (Wildman–Crippen MR) is 73.3 cm³/mol. The maximum atomic E-state index is 12.4. The Bertz CT molecular complexity index is 377. The van der Waals surface area contributed by atoms with Gasteiger partial charge >= 0.3 is 12.0 Å². The number of carbonyl (C=O) groups excluding carboxylic acids is 1. The molecule has 114 valence electrons. The van der Waals surface area contributed by atoms with Gasteiger partial charge in [0.05, 0.1) is 6.61 Å². The highest BCUT2D eigenvalue weighted by Crippen LogP contribution is 2.40. The summed E-state index contributed by atoms with van der Waals surface area (Å²) < 4.78 is 0. The molecule has 2 aliphatic rings. The van der Waals surface area contributed by atoms with Crippen LogP contribution < -0.4 is 5.32 Å². The van der Waals surface area contributed by atoms with E-state index in [4.69, 9.17) is 5.11 Å². The van der Waals surface area contributed by atoms with Gasteiger partial charge in [0.1, 0.15) is 5.54 Å². The fourth-order valence-electron chi connectivity index (χ4n) is 3.06. The minimum atomic E-state index is -1.19. The molecule has 0 saturated heterocycles. The molecule has 0 heterocycles. The van der Waals surface area contributed by atoms with Crippen LogP contribution in [0, 0.1) is 5.92 Å². The molecule has 6 heteroatoms. The Morgan fingerprint density at radius 2 is 1.85 bits per heavy atom. The first-order valence-electron chi connectivity index (χ1n) is 7.42. The van der Waals surface area contributed by atoms with Crippen LogP contribution >= 0.6 is 0 Å². The minimum Gasteiger partial charge on any atom is -0.480 e. The molecule has 0 radical (unpaired) electrons. The molecule has 0 aromatic carbocycles. The van der Waals surface area contributed by atoms with Crippen LogP contribution in [0.4, 0.5) is 4.79 Å². The second-order valence-corrected chi connectivity index (χ2v) is 6.07. The summed E-state index contributed by atoms with van der Waals surface area (Å²) in [5, 5.41) is 21.2. The SMILES string of the molecule is CC(NC(=O)N(CCO)C1CCCC1)(C(=O)O)C1CC1. The topological polar surface area (TPSA) is 89.9 Å². The molecule has 2 amide bonds. The molecule has 0 aliphatic heterocycles. The average molecular weight is 284 g/mol. The lowest BCUT2D eigenvalue weighted by Crippen LogP contribution is -2.59. The van der Waals surface area contributed by atoms with E-state index in [1.54, 1.807) is 11.8 Å². The maximum Gasteiger partial charge on any atom is 0.329 e. The highest BCUT2D eigenvalue weighted by atomic mass is 16.4. The van der Waals surface area contributed by atoms with Crippen molar-refractivity contribution < 1.29 is 19.8 Å². The first kappa shape index (κ1) is 15.1. The third-order valence-electron chi connectivity index (χ3n) is 4.57. The Morgan fingerprint density at radius 1 is 1.25 bits per heavy atom. The van der Waals surface area contributed by atoms with Gasteiger partial charge in [0.25, 0.3) is 0 Å². The van der Waals surface area contributed by atoms with Crippen molar-refractivity contribution in [1.82, 2.24) is 10.2 Å². The highest BCUT2D eigenvalue weighted by Gasteiger charge is 2.49. The molecule has 2 aliphatic carbocycles. The molecule has 0 aromatic heterocycles. The number of nitrogens with zero attached hydrogens (tertiary/aromatic N) is 1. The van der Waals surface area contributed by atoms with Crippen LogP contribution in [-0.4, -0.2) is 51.8 Å². The Kier molecular flexibility index (Phi) is 4.52. The molecule has 6 nitrogen and oxygen atoms in total. The molecule has 2 fully saturated rings. The first-order chi connectivity index (χ1) is 9.49. The first-order valence-corrected chi connectivity index (χ1v) is 7.42. The van der Waals surface area contributed by atoms with E-state index in [-0.39, 0.29) is 31.1 Å². The second-order valence-electron chi connectivity index (χ2n) is 6.07. The van der Waals surface area contributed by atoms with Crippen LogP contribution in [0.25, 0.3) is 0 Å². The van der Waals surface area contributed by atoms with Crippen molar-refractivity contribution in [2.24, 2.45) is 5.92 Å². The molecule has 0 aromatic rings. The lowest BCUT2D eigenvalue weighted by molar-refractivity contribution is -0.144. The summed E-state index contributed by atoms with van der Waals surface area (Å²) in [6.07, 6.45) is 5.71. The minimum absolute atomic E-state index is 0.0171. The molecule has 0 spiro atoms. The summed E-state index contributed by atoms with van der Waals surface area (Å²) in [6, 6.07) is -0.234. The van der Waals surface area contributed by atoms with E-state index >= 15 is 0 Å². The third kappa shape index (κ3) is 3.06. The average Bonchev–Trinajstić information content (AvgIpc) is 3.13. The Hall–Kier alpha value is -1.30. The van der Waals surface area contributed by atoms with Crippen LogP contribution in [0.1, 0.15) is 45.4 Å². The summed E-state index contributed by atoms with van der Waals surface area (Å²) in [5.74, 6) is -0.966. The summed E-state index contributed by atoms with van der Waals surface area (Å²) >= 11 is 0. The van der Waals surface area contributed by atoms with E-state index in [1.807, 2.05) is 0 Å². The van der Waals surface area contributed by atoms with Gasteiger partial charge in [0, 0.05) is 12.6 Å². The lowest BCUT2D eigenvalue weighted by atomic mass is 9.96. The number of carbonyl (C=O) groups is 2. The molecule has 2 rings (SSSR count). The molecule has 0 bridgehead atoms. The van der Waals surface area contributed by atoms with E-state index < -0.39 is 11.5 Å². The molecule has 20 heavy (non-hydrogen) atoms. The van der Waals surface area contributed by atoms with Gasteiger partial charge in [-0.05, 0) is 38.5 Å². The van der Waals surface area contributed by atoms with E-state index in [9.17, 15) is 14.7 Å². The maximum absolute atomic E-state index is 12.4. The normalized spacial score (nSPS) is 22.3. The van der Waals surface area contributed by atoms with Crippen LogP contribution in [0.2, 0.25) is 0 Å². The number of aliphatic carboxylic acids is 1. The Morgan fingerprint density at radius 3 is 2.30 bits per heavy atom. The van der Waals surface area contributed by atoms with Gasteiger partial charge in [-0.1, -0.05) is 12.8 Å². The number of urea groups is 1. The zero-order chi connectivity index (χ0) is 14.8. The molecule has 2 saturated carbocycles. The number of aliphatic hydroxyl groups is 1. The number of hydrogen-bond acceptors (Lipinski definition) is 3. The number of nitrogens with one attached hydrogen (secondary N) is 1. The number of hydrogen-bond donors (Lipinski definition) is 3. The molecule has 1 unspecified atom stereocenters. The van der Waals surface area contributed by atoms with Gasteiger partial charge in [-0.15, -0.1) is 0 Å². The van der Waals surface area contributed by atoms with Crippen molar-refractivity contribution in [2.45, 2.75) is 57.0 Å². The molecule has 1 atom stereocenters. The quantitative estimate of drug-likeness (QED) is 0.683. The smallest absolute Gasteiger partial charge is 0.329 e. The van der Waals surface area contributed by atoms with Crippen molar-refractivity contribution in [3.63, 3.8) is 0 Å². The fourth-order valence-corrected chi connectivity index (χ4v) is 3.06. The highest BCUT2D eigenvalue weighted by molar-refractivity contribution is 5.86. The van der Waals surface area contributed by atoms with Crippen LogP contribution in [0.15, 0.2) is 0 Å². The summed E-state index contributed by atoms with van der Waals surface area (Å²) in [5.41, 5.74) is -1.19. The predicted octanol–water partition coefficient (Wildman–Crippen LogP) is 1.19. The number of rotatable bonds is 6. The summed E-state index contributed by atoms with van der Waals surface area (Å²) in [7, 11) is 0. The van der Waals surface area contributed by atoms with E-state index in [0.29, 0.717) is 0 Å². The number of carboxylic acids is 1. The summed E-state index contributed by atoms with van der Waals surface area (Å²) in [4.78, 5) is 25.5. The van der Waals surface area contributed by atoms with Gasteiger partial charge < -0.3 is 20.4 Å². The van der Waals surface area contributed by atoms with Gasteiger partial charge in [-0.3, -0.25) is 0 Å². The van der Waals surface area contributed by atoms with E-state index in [0.717, 1.165) is 38.5 Å². The monoisotopic (exact) mass is 284 g/mol. The van der Waals surface area contributed by atoms with Crippen molar-refractivity contribution in [3.05, 3.63) is 0 Å². The zero-order valence-corrected chi connectivity index (χ0v) is 12.0. The summed E-state index contributed by atoms with van der Waals surface area (Å²) in [6.45, 7) is 1.74. The largest absolute Gasteiger partial charge is 0.480 e. The van der Waals surface area contributed by atoms with Crippen LogP contribution in [0.3, 0.4) is 0 Å². The van der Waals surface area contributed by atoms with Crippen molar-refractivity contribution in [2.75, 3.05) is 13.2 Å². The molecular formula is C14H24N2O4. The molecular weight excluding hydrogens is 260 g/mol. The van der Waals surface area contributed by atoms with E-state index in [2.05, 4.69) is 5.32 Å². The van der Waals surface area contributed by atoms with E-state index in [1.165, 1.54) is 0 Å². The third-order valence-corrected chi connectivity index (χ3v) is 4.57. The number of carboxylic acid groups (broad SMARTS) is 1. The lowest BCUT2D eigenvalue weighted by Gasteiger charge is -2.33. The van der Waals surface area contributed by atoms with Crippen LogP contribution in [-0.2, 0) is 4.79 Å². The van der Waals surface area contributed by atoms with Crippen molar-refractivity contribution in [3.8, 4) is 0 Å². The van der Waals surface area contributed by atoms with Crippen LogP contribution in [0.5, 0.6) is 0 Å². The standard InChI is InChI=1S/C14H24N2O4/c1-14(12(18)19,10-6-7-10)15-13(20)16(8-9-17)11-4-2-3-5-11/h10-11,17H,2-9H2,1H3,(H,15,20)(H,18,19). The Balaban J connectivity index is 2.04. The van der Waals surface area contributed by atoms with Crippen molar-refractivity contribution >= 4 is 12.0 Å². The zero-order valence-electron chi connectivity index (χ0n) is 12.0. The number of amides is 2. The van der Waals surface area contributed by atoms with Gasteiger partial charge in [0.2, 0.25) is 0 Å².